The first-order valence-electron chi connectivity index (χ1n) is 10.9. The standard InChI is InChI=1S/C23H37FN2O2/c1-17(2)22-9-4-18(3)14-23(22)28-16-21(27)15-25-10-12-26(13-11-25)20-7-5-19(24)6-8-20/h5-8,17-18,21-23,27H,4,9-16H2,1-3H3/t18-,21-,22-,23-/m1/s1. The van der Waals surface area contributed by atoms with E-state index in [4.69, 9.17) is 4.74 Å². The third-order valence-corrected chi connectivity index (χ3v) is 6.50. The van der Waals surface area contributed by atoms with Crippen molar-refractivity contribution < 1.29 is 14.2 Å². The van der Waals surface area contributed by atoms with Gasteiger partial charge in [-0.2, -0.15) is 0 Å². The molecule has 0 bridgehead atoms. The van der Waals surface area contributed by atoms with E-state index in [9.17, 15) is 9.50 Å². The molecule has 1 aliphatic carbocycles. The molecular formula is C23H37FN2O2. The van der Waals surface area contributed by atoms with Crippen LogP contribution in [0.5, 0.6) is 0 Å². The molecule has 1 saturated carbocycles. The van der Waals surface area contributed by atoms with Crippen molar-refractivity contribution in [1.82, 2.24) is 4.90 Å². The largest absolute Gasteiger partial charge is 0.389 e. The van der Waals surface area contributed by atoms with Gasteiger partial charge in [0.1, 0.15) is 5.82 Å². The quantitative estimate of drug-likeness (QED) is 0.766. The highest BCUT2D eigenvalue weighted by Gasteiger charge is 2.32. The molecule has 1 aromatic rings. The molecule has 2 fully saturated rings. The molecule has 1 aromatic carbocycles. The fourth-order valence-electron chi connectivity index (χ4n) is 4.73. The summed E-state index contributed by atoms with van der Waals surface area (Å²) in [5.41, 5.74) is 1.07. The Morgan fingerprint density at radius 3 is 2.43 bits per heavy atom. The van der Waals surface area contributed by atoms with Crippen LogP contribution in [0.1, 0.15) is 40.0 Å². The highest BCUT2D eigenvalue weighted by Crippen LogP contribution is 2.35. The van der Waals surface area contributed by atoms with E-state index in [1.165, 1.54) is 25.0 Å². The van der Waals surface area contributed by atoms with Crippen molar-refractivity contribution >= 4 is 5.69 Å². The number of anilines is 1. The van der Waals surface area contributed by atoms with E-state index in [0.29, 0.717) is 25.0 Å². The van der Waals surface area contributed by atoms with Gasteiger partial charge in [-0.15, -0.1) is 0 Å². The van der Waals surface area contributed by atoms with E-state index in [0.717, 1.165) is 44.2 Å². The number of rotatable bonds is 7. The average Bonchev–Trinajstić information content (AvgIpc) is 2.67. The average molecular weight is 393 g/mol. The number of nitrogens with zero attached hydrogens (tertiary/aromatic N) is 2. The summed E-state index contributed by atoms with van der Waals surface area (Å²) in [4.78, 5) is 4.58. The number of benzene rings is 1. The van der Waals surface area contributed by atoms with Gasteiger partial charge < -0.3 is 14.7 Å². The predicted molar refractivity (Wildman–Crippen MR) is 112 cm³/mol. The van der Waals surface area contributed by atoms with Crippen LogP contribution >= 0.6 is 0 Å². The first kappa shape index (κ1) is 21.5. The number of halogens is 1. The highest BCUT2D eigenvalue weighted by atomic mass is 19.1. The first-order valence-corrected chi connectivity index (χ1v) is 10.9. The Hall–Kier alpha value is -1.17. The van der Waals surface area contributed by atoms with Crippen molar-refractivity contribution in [1.29, 1.82) is 0 Å². The minimum absolute atomic E-state index is 0.197. The van der Waals surface area contributed by atoms with Crippen LogP contribution in [0.2, 0.25) is 0 Å². The van der Waals surface area contributed by atoms with Gasteiger partial charge in [0.2, 0.25) is 0 Å². The SMILES string of the molecule is CC(C)[C@H]1CC[C@@H](C)C[C@H]1OC[C@H](O)CN1CCN(c2ccc(F)cc2)CC1. The zero-order valence-corrected chi connectivity index (χ0v) is 17.7. The molecule has 4 nitrogen and oxygen atoms in total. The topological polar surface area (TPSA) is 35.9 Å². The molecule has 3 rings (SSSR count). The van der Waals surface area contributed by atoms with Crippen molar-refractivity contribution in [3.63, 3.8) is 0 Å². The first-order chi connectivity index (χ1) is 13.4. The molecule has 0 spiro atoms. The second-order valence-corrected chi connectivity index (χ2v) is 9.12. The van der Waals surface area contributed by atoms with Crippen LogP contribution in [0.4, 0.5) is 10.1 Å². The molecule has 1 heterocycles. The molecule has 0 unspecified atom stereocenters. The van der Waals surface area contributed by atoms with Crippen LogP contribution in [0, 0.1) is 23.6 Å². The maximum absolute atomic E-state index is 13.1. The minimum Gasteiger partial charge on any atom is -0.389 e. The number of aliphatic hydroxyl groups is 1. The Morgan fingerprint density at radius 1 is 1.11 bits per heavy atom. The van der Waals surface area contributed by atoms with Gasteiger partial charge in [0.25, 0.3) is 0 Å². The summed E-state index contributed by atoms with van der Waals surface area (Å²) in [6.07, 6.45) is 3.50. The molecular weight excluding hydrogens is 355 g/mol. The van der Waals surface area contributed by atoms with Crippen LogP contribution < -0.4 is 4.90 Å². The third kappa shape index (κ3) is 5.91. The molecule has 0 amide bonds. The van der Waals surface area contributed by atoms with Gasteiger partial charge >= 0.3 is 0 Å². The number of aliphatic hydroxyl groups excluding tert-OH is 1. The summed E-state index contributed by atoms with van der Waals surface area (Å²) < 4.78 is 19.3. The van der Waals surface area contributed by atoms with Crippen LogP contribution in [0.25, 0.3) is 0 Å². The second-order valence-electron chi connectivity index (χ2n) is 9.12. The van der Waals surface area contributed by atoms with E-state index >= 15 is 0 Å². The molecule has 28 heavy (non-hydrogen) atoms. The zero-order valence-electron chi connectivity index (χ0n) is 17.7. The zero-order chi connectivity index (χ0) is 20.1. The predicted octanol–water partition coefficient (Wildman–Crippen LogP) is 3.79. The molecule has 0 aromatic heterocycles. The van der Waals surface area contributed by atoms with Crippen molar-refractivity contribution in [3.05, 3.63) is 30.1 Å². The van der Waals surface area contributed by atoms with Crippen molar-refractivity contribution in [3.8, 4) is 0 Å². The van der Waals surface area contributed by atoms with E-state index in [2.05, 4.69) is 30.6 Å². The third-order valence-electron chi connectivity index (χ3n) is 6.50. The minimum atomic E-state index is -0.442. The molecule has 5 heteroatoms. The summed E-state index contributed by atoms with van der Waals surface area (Å²) in [6.45, 7) is 11.6. The van der Waals surface area contributed by atoms with Gasteiger partial charge in [-0.3, -0.25) is 4.90 Å². The number of β-amino-alcohol motifs (C(OH)–C–C–N with tert-alkyl or cyclic N) is 1. The Bertz CT molecular complexity index is 587. The van der Waals surface area contributed by atoms with Crippen LogP contribution in [-0.2, 0) is 4.74 Å². The van der Waals surface area contributed by atoms with Crippen molar-refractivity contribution in [2.24, 2.45) is 17.8 Å². The maximum Gasteiger partial charge on any atom is 0.123 e. The van der Waals surface area contributed by atoms with Crippen LogP contribution in [0.15, 0.2) is 24.3 Å². The summed E-state index contributed by atoms with van der Waals surface area (Å²) in [5.74, 6) is 1.77. The lowest BCUT2D eigenvalue weighted by molar-refractivity contribution is -0.0740. The van der Waals surface area contributed by atoms with Crippen molar-refractivity contribution in [2.75, 3.05) is 44.2 Å². The summed E-state index contributed by atoms with van der Waals surface area (Å²) in [5, 5.41) is 10.5. The smallest absolute Gasteiger partial charge is 0.123 e. The molecule has 1 saturated heterocycles. The number of hydrogen-bond donors (Lipinski definition) is 1. The fraction of sp³-hybridized carbons (Fsp3) is 0.739. The van der Waals surface area contributed by atoms with E-state index in [1.54, 1.807) is 0 Å². The summed E-state index contributed by atoms with van der Waals surface area (Å²) in [6, 6.07) is 6.70. The van der Waals surface area contributed by atoms with Gasteiger partial charge in [-0.05, 0) is 54.9 Å². The summed E-state index contributed by atoms with van der Waals surface area (Å²) in [7, 11) is 0. The summed E-state index contributed by atoms with van der Waals surface area (Å²) >= 11 is 0. The van der Waals surface area contributed by atoms with Gasteiger partial charge in [-0.25, -0.2) is 4.39 Å². The Morgan fingerprint density at radius 2 is 1.79 bits per heavy atom. The van der Waals surface area contributed by atoms with E-state index in [1.807, 2.05) is 12.1 Å². The number of ether oxygens (including phenoxy) is 1. The normalized spacial score (nSPS) is 27.9. The van der Waals surface area contributed by atoms with Crippen LogP contribution in [0.3, 0.4) is 0 Å². The molecule has 1 aliphatic heterocycles. The van der Waals surface area contributed by atoms with E-state index in [-0.39, 0.29) is 11.9 Å². The second kappa shape index (κ2) is 10.0. The van der Waals surface area contributed by atoms with E-state index < -0.39 is 6.10 Å². The number of piperazine rings is 1. The van der Waals surface area contributed by atoms with Crippen molar-refractivity contribution in [2.45, 2.75) is 52.2 Å². The molecule has 0 radical (unpaired) electrons. The Kier molecular flexibility index (Phi) is 7.72. The number of hydrogen-bond acceptors (Lipinski definition) is 4. The fourth-order valence-corrected chi connectivity index (χ4v) is 4.73. The maximum atomic E-state index is 13.1. The molecule has 1 N–H and O–H groups in total. The lowest BCUT2D eigenvalue weighted by Gasteiger charge is -2.39. The molecule has 158 valence electrons. The lowest BCUT2D eigenvalue weighted by atomic mass is 9.75. The molecule has 4 atom stereocenters. The molecule has 2 aliphatic rings. The van der Waals surface area contributed by atoms with Gasteiger partial charge in [0.05, 0.1) is 18.8 Å². The Labute approximate surface area is 169 Å². The van der Waals surface area contributed by atoms with Crippen LogP contribution in [-0.4, -0.2) is 61.5 Å². The monoisotopic (exact) mass is 392 g/mol. The highest BCUT2D eigenvalue weighted by molar-refractivity contribution is 5.46. The Balaban J connectivity index is 1.40. The van der Waals surface area contributed by atoms with Gasteiger partial charge in [-0.1, -0.05) is 27.2 Å². The van der Waals surface area contributed by atoms with Gasteiger partial charge in [0, 0.05) is 38.4 Å². The lowest BCUT2D eigenvalue weighted by Crippen LogP contribution is -2.49. The van der Waals surface area contributed by atoms with Gasteiger partial charge in [0.15, 0.2) is 0 Å².